The molecule has 3 rings (SSSR count). The molecule has 0 aliphatic heterocycles. The maximum atomic E-state index is 6.02. The van der Waals surface area contributed by atoms with Crippen LogP contribution >= 0.6 is 23.4 Å². The first-order valence-corrected chi connectivity index (χ1v) is 7.61. The Balaban J connectivity index is 1.77. The zero-order valence-electron chi connectivity index (χ0n) is 11.0. The van der Waals surface area contributed by atoms with E-state index in [1.54, 1.807) is 22.5 Å². The van der Waals surface area contributed by atoms with Crippen LogP contribution in [0.4, 0.5) is 5.69 Å². The van der Waals surface area contributed by atoms with Gasteiger partial charge in [0.2, 0.25) is 0 Å². The minimum Gasteiger partial charge on any atom is -0.398 e. The lowest BCUT2D eigenvalue weighted by atomic mass is 10.3. The second-order valence-corrected chi connectivity index (χ2v) is 5.77. The summed E-state index contributed by atoms with van der Waals surface area (Å²) in [6, 6.07) is 15.4. The summed E-state index contributed by atoms with van der Waals surface area (Å²) in [6.45, 7) is 0. The normalized spacial score (nSPS) is 10.7. The number of aromatic nitrogens is 4. The van der Waals surface area contributed by atoms with Gasteiger partial charge < -0.3 is 5.73 Å². The fourth-order valence-electron chi connectivity index (χ4n) is 1.81. The summed E-state index contributed by atoms with van der Waals surface area (Å²) < 4.78 is 1.73. The Bertz CT molecular complexity index is 744. The lowest BCUT2D eigenvalue weighted by molar-refractivity contribution is 0.777. The summed E-state index contributed by atoms with van der Waals surface area (Å²) in [6.07, 6.45) is 0. The quantitative estimate of drug-likeness (QED) is 0.591. The molecule has 0 bridgehead atoms. The number of halogens is 1. The Labute approximate surface area is 131 Å². The van der Waals surface area contributed by atoms with Crippen molar-refractivity contribution in [3.63, 3.8) is 0 Å². The fraction of sp³-hybridized carbons (Fsp3) is 0.0714. The monoisotopic (exact) mass is 317 g/mol. The Hall–Kier alpha value is -2.05. The number of nitrogens with zero attached hydrogens (tertiary/aromatic N) is 4. The maximum absolute atomic E-state index is 6.02. The van der Waals surface area contributed by atoms with Gasteiger partial charge in [0.15, 0.2) is 5.82 Å². The standard InChI is InChI=1S/C14H12ClN5S/c15-12-8-11(6-7-13(12)16)21-9-14-17-18-19-20(14)10-4-2-1-3-5-10/h1-8H,9,16H2. The molecule has 0 aliphatic rings. The minimum absolute atomic E-state index is 0.558. The molecule has 106 valence electrons. The third-order valence-corrected chi connectivity index (χ3v) is 4.19. The van der Waals surface area contributed by atoms with E-state index in [0.29, 0.717) is 16.5 Å². The smallest absolute Gasteiger partial charge is 0.166 e. The average molecular weight is 318 g/mol. The zero-order chi connectivity index (χ0) is 14.7. The van der Waals surface area contributed by atoms with E-state index in [4.69, 9.17) is 17.3 Å². The van der Waals surface area contributed by atoms with Gasteiger partial charge in [0.1, 0.15) is 0 Å². The van der Waals surface area contributed by atoms with E-state index in [-0.39, 0.29) is 0 Å². The summed E-state index contributed by atoms with van der Waals surface area (Å²) >= 11 is 7.62. The van der Waals surface area contributed by atoms with E-state index in [0.717, 1.165) is 16.4 Å². The number of rotatable bonds is 4. The minimum atomic E-state index is 0.558. The topological polar surface area (TPSA) is 69.6 Å². The highest BCUT2D eigenvalue weighted by Crippen LogP contribution is 2.28. The molecule has 1 aromatic heterocycles. The van der Waals surface area contributed by atoms with Crippen molar-refractivity contribution in [2.45, 2.75) is 10.6 Å². The third-order valence-electron chi connectivity index (χ3n) is 2.87. The van der Waals surface area contributed by atoms with Crippen molar-refractivity contribution >= 4 is 29.1 Å². The Kier molecular flexibility index (Phi) is 4.08. The number of thioether (sulfide) groups is 1. The van der Waals surface area contributed by atoms with Crippen molar-refractivity contribution in [2.75, 3.05) is 5.73 Å². The van der Waals surface area contributed by atoms with Crippen LogP contribution in [0.3, 0.4) is 0 Å². The Morgan fingerprint density at radius 2 is 1.95 bits per heavy atom. The van der Waals surface area contributed by atoms with Crippen molar-refractivity contribution in [3.8, 4) is 5.69 Å². The van der Waals surface area contributed by atoms with Crippen LogP contribution in [0, 0.1) is 0 Å². The molecule has 0 saturated heterocycles. The Morgan fingerprint density at radius 1 is 1.14 bits per heavy atom. The zero-order valence-corrected chi connectivity index (χ0v) is 12.6. The van der Waals surface area contributed by atoms with Crippen LogP contribution in [0.5, 0.6) is 0 Å². The van der Waals surface area contributed by atoms with E-state index in [1.807, 2.05) is 42.5 Å². The van der Waals surface area contributed by atoms with Crippen LogP contribution in [0.2, 0.25) is 5.02 Å². The van der Waals surface area contributed by atoms with Crippen molar-refractivity contribution in [1.29, 1.82) is 0 Å². The molecule has 5 nitrogen and oxygen atoms in total. The van der Waals surface area contributed by atoms with Gasteiger partial charge >= 0.3 is 0 Å². The van der Waals surface area contributed by atoms with Gasteiger partial charge in [-0.25, -0.2) is 0 Å². The van der Waals surface area contributed by atoms with Crippen molar-refractivity contribution in [3.05, 3.63) is 59.4 Å². The molecule has 7 heteroatoms. The highest BCUT2D eigenvalue weighted by molar-refractivity contribution is 7.98. The fourth-order valence-corrected chi connectivity index (χ4v) is 2.90. The summed E-state index contributed by atoms with van der Waals surface area (Å²) in [5.74, 6) is 1.42. The third kappa shape index (κ3) is 3.17. The van der Waals surface area contributed by atoms with E-state index >= 15 is 0 Å². The van der Waals surface area contributed by atoms with Gasteiger partial charge in [-0.1, -0.05) is 29.8 Å². The first-order valence-electron chi connectivity index (χ1n) is 6.24. The Morgan fingerprint density at radius 3 is 2.71 bits per heavy atom. The number of tetrazole rings is 1. The molecule has 0 radical (unpaired) electrons. The lowest BCUT2D eigenvalue weighted by Crippen LogP contribution is -2.01. The molecule has 1 heterocycles. The van der Waals surface area contributed by atoms with Crippen molar-refractivity contribution in [1.82, 2.24) is 20.2 Å². The number of nitrogen functional groups attached to an aromatic ring is 1. The molecule has 0 spiro atoms. The van der Waals surface area contributed by atoms with Gasteiger partial charge in [-0.2, -0.15) is 4.68 Å². The van der Waals surface area contributed by atoms with Gasteiger partial charge in [-0.3, -0.25) is 0 Å². The van der Waals surface area contributed by atoms with Crippen LogP contribution in [0.15, 0.2) is 53.4 Å². The summed E-state index contributed by atoms with van der Waals surface area (Å²) in [4.78, 5) is 1.02. The molecule has 0 unspecified atom stereocenters. The van der Waals surface area contributed by atoms with Gasteiger partial charge in [0, 0.05) is 4.90 Å². The van der Waals surface area contributed by atoms with Crippen LogP contribution in [0.1, 0.15) is 5.82 Å². The number of hydrogen-bond acceptors (Lipinski definition) is 5. The molecule has 21 heavy (non-hydrogen) atoms. The molecule has 2 N–H and O–H groups in total. The predicted molar refractivity (Wildman–Crippen MR) is 84.6 cm³/mol. The number of hydrogen-bond donors (Lipinski definition) is 1. The van der Waals surface area contributed by atoms with E-state index in [2.05, 4.69) is 15.5 Å². The average Bonchev–Trinajstić information content (AvgIpc) is 2.98. The van der Waals surface area contributed by atoms with E-state index in [1.165, 1.54) is 0 Å². The van der Waals surface area contributed by atoms with Gasteiger partial charge in [0.25, 0.3) is 0 Å². The highest BCUT2D eigenvalue weighted by atomic mass is 35.5. The lowest BCUT2D eigenvalue weighted by Gasteiger charge is -2.05. The molecular formula is C14H12ClN5S. The van der Waals surface area contributed by atoms with E-state index in [9.17, 15) is 0 Å². The predicted octanol–water partition coefficient (Wildman–Crippen LogP) is 3.19. The molecule has 2 aromatic carbocycles. The molecular weight excluding hydrogens is 306 g/mol. The number of nitrogens with two attached hydrogens (primary N) is 1. The number of para-hydroxylation sites is 1. The first-order chi connectivity index (χ1) is 10.2. The molecule has 0 amide bonds. The molecule has 0 aliphatic carbocycles. The second-order valence-electron chi connectivity index (χ2n) is 4.31. The second kappa shape index (κ2) is 6.15. The molecule has 3 aromatic rings. The van der Waals surface area contributed by atoms with Gasteiger partial charge in [-0.05, 0) is 40.8 Å². The number of benzene rings is 2. The maximum Gasteiger partial charge on any atom is 0.166 e. The summed E-state index contributed by atoms with van der Waals surface area (Å²) in [5.41, 5.74) is 7.22. The molecule has 0 atom stereocenters. The SMILES string of the molecule is Nc1ccc(SCc2nnnn2-c2ccccc2)cc1Cl. The summed E-state index contributed by atoms with van der Waals surface area (Å²) in [5, 5.41) is 12.4. The van der Waals surface area contributed by atoms with E-state index < -0.39 is 0 Å². The molecule has 0 fully saturated rings. The van der Waals surface area contributed by atoms with Crippen molar-refractivity contribution in [2.24, 2.45) is 0 Å². The summed E-state index contributed by atoms with van der Waals surface area (Å²) in [7, 11) is 0. The van der Waals surface area contributed by atoms with Gasteiger partial charge in [0.05, 0.1) is 22.2 Å². The van der Waals surface area contributed by atoms with Crippen LogP contribution in [-0.2, 0) is 5.75 Å². The van der Waals surface area contributed by atoms with Crippen LogP contribution < -0.4 is 5.73 Å². The van der Waals surface area contributed by atoms with Crippen molar-refractivity contribution < 1.29 is 0 Å². The highest BCUT2D eigenvalue weighted by Gasteiger charge is 2.09. The van der Waals surface area contributed by atoms with Crippen LogP contribution in [0.25, 0.3) is 5.69 Å². The molecule has 0 saturated carbocycles. The van der Waals surface area contributed by atoms with Gasteiger partial charge in [-0.15, -0.1) is 16.9 Å². The first kappa shape index (κ1) is 13.9. The number of anilines is 1. The van der Waals surface area contributed by atoms with Crippen LogP contribution in [-0.4, -0.2) is 20.2 Å². The largest absolute Gasteiger partial charge is 0.398 e.